The van der Waals surface area contributed by atoms with Gasteiger partial charge in [-0.05, 0) is 40.4 Å². The lowest BCUT2D eigenvalue weighted by atomic mass is 10.0. The van der Waals surface area contributed by atoms with Gasteiger partial charge in [-0.2, -0.15) is 0 Å². The maximum Gasteiger partial charge on any atom is 0.244 e. The highest BCUT2D eigenvalue weighted by molar-refractivity contribution is 5.92. The monoisotopic (exact) mass is 170 g/mol. The molecule has 0 radical (unpaired) electrons. The lowest BCUT2D eigenvalue weighted by Gasteiger charge is -2.21. The molecule has 3 nitrogen and oxygen atoms in total. The summed E-state index contributed by atoms with van der Waals surface area (Å²) in [5.41, 5.74) is 6.86. The third-order valence-electron chi connectivity index (χ3n) is 2.36. The molecule has 0 aromatic heterocycles. The summed E-state index contributed by atoms with van der Waals surface area (Å²) in [5, 5.41) is 0. The summed E-state index contributed by atoms with van der Waals surface area (Å²) >= 11 is 0. The summed E-state index contributed by atoms with van der Waals surface area (Å²) in [7, 11) is 3.95. The second-order valence-electron chi connectivity index (χ2n) is 3.31. The van der Waals surface area contributed by atoms with Gasteiger partial charge in [0.15, 0.2) is 0 Å². The minimum Gasteiger partial charge on any atom is -0.366 e. The van der Waals surface area contributed by atoms with Crippen molar-refractivity contribution in [3.8, 4) is 0 Å². The zero-order valence-electron chi connectivity index (χ0n) is 8.51. The van der Waals surface area contributed by atoms with E-state index in [1.54, 1.807) is 6.92 Å². The molecule has 0 saturated carbocycles. The van der Waals surface area contributed by atoms with E-state index < -0.39 is 0 Å². The van der Waals surface area contributed by atoms with Crippen LogP contribution in [0.3, 0.4) is 0 Å². The molecule has 0 aliphatic carbocycles. The van der Waals surface area contributed by atoms with E-state index in [0.29, 0.717) is 5.57 Å². The zero-order valence-corrected chi connectivity index (χ0v) is 8.51. The van der Waals surface area contributed by atoms with E-state index >= 15 is 0 Å². The normalized spacial score (nSPS) is 15.8. The SMILES string of the molecule is C/C(C(N)=O)=C(/C)C(C)N(C)C. The number of nitrogens with zero attached hydrogens (tertiary/aromatic N) is 1. The number of hydrogen-bond donors (Lipinski definition) is 1. The van der Waals surface area contributed by atoms with Crippen LogP contribution in [-0.2, 0) is 4.79 Å². The fourth-order valence-corrected chi connectivity index (χ4v) is 0.895. The molecule has 0 aliphatic rings. The van der Waals surface area contributed by atoms with Crippen molar-refractivity contribution in [3.05, 3.63) is 11.1 Å². The number of nitrogens with two attached hydrogens (primary N) is 1. The first-order valence-electron chi connectivity index (χ1n) is 4.01. The molecular formula is C9H18N2O. The molecule has 0 bridgehead atoms. The van der Waals surface area contributed by atoms with Gasteiger partial charge in [0, 0.05) is 11.6 Å². The predicted octanol–water partition coefficient (Wildman–Crippen LogP) is 0.758. The van der Waals surface area contributed by atoms with Gasteiger partial charge in [0.2, 0.25) is 5.91 Å². The van der Waals surface area contributed by atoms with Crippen LogP contribution in [0.25, 0.3) is 0 Å². The molecule has 70 valence electrons. The molecular weight excluding hydrogens is 152 g/mol. The van der Waals surface area contributed by atoms with Crippen LogP contribution in [0.4, 0.5) is 0 Å². The van der Waals surface area contributed by atoms with Crippen molar-refractivity contribution in [2.75, 3.05) is 14.1 Å². The van der Waals surface area contributed by atoms with Crippen LogP contribution in [0, 0.1) is 0 Å². The van der Waals surface area contributed by atoms with Crippen molar-refractivity contribution in [1.29, 1.82) is 0 Å². The van der Waals surface area contributed by atoms with Gasteiger partial charge in [-0.3, -0.25) is 4.79 Å². The minimum atomic E-state index is -0.332. The minimum absolute atomic E-state index is 0.262. The molecule has 3 heteroatoms. The van der Waals surface area contributed by atoms with Crippen molar-refractivity contribution in [3.63, 3.8) is 0 Å². The molecule has 2 N–H and O–H groups in total. The Bertz CT molecular complexity index is 207. The maximum atomic E-state index is 10.8. The zero-order chi connectivity index (χ0) is 9.89. The summed E-state index contributed by atoms with van der Waals surface area (Å²) in [6.45, 7) is 5.74. The van der Waals surface area contributed by atoms with Crippen molar-refractivity contribution in [2.24, 2.45) is 5.73 Å². The van der Waals surface area contributed by atoms with Gasteiger partial charge in [-0.15, -0.1) is 0 Å². The average Bonchev–Trinajstić information content (AvgIpc) is 2.00. The molecule has 1 atom stereocenters. The van der Waals surface area contributed by atoms with E-state index in [0.717, 1.165) is 5.57 Å². The third kappa shape index (κ3) is 2.66. The van der Waals surface area contributed by atoms with Crippen LogP contribution in [0.5, 0.6) is 0 Å². The van der Waals surface area contributed by atoms with Gasteiger partial charge >= 0.3 is 0 Å². The second kappa shape index (κ2) is 4.26. The molecule has 0 aliphatic heterocycles. The predicted molar refractivity (Wildman–Crippen MR) is 50.7 cm³/mol. The number of hydrogen-bond acceptors (Lipinski definition) is 2. The molecule has 1 unspecified atom stereocenters. The Kier molecular flexibility index (Phi) is 3.96. The lowest BCUT2D eigenvalue weighted by molar-refractivity contribution is -0.114. The first kappa shape index (κ1) is 11.2. The number of rotatable bonds is 3. The fraction of sp³-hybridized carbons (Fsp3) is 0.667. The Balaban J connectivity index is 4.66. The Morgan fingerprint density at radius 2 is 1.75 bits per heavy atom. The van der Waals surface area contributed by atoms with Crippen LogP contribution < -0.4 is 5.73 Å². The number of carbonyl (C=O) groups is 1. The summed E-state index contributed by atoms with van der Waals surface area (Å²) < 4.78 is 0. The number of amides is 1. The largest absolute Gasteiger partial charge is 0.366 e. The first-order valence-corrected chi connectivity index (χ1v) is 4.01. The number of primary amides is 1. The maximum absolute atomic E-state index is 10.8. The van der Waals surface area contributed by atoms with Crippen LogP contribution in [0.15, 0.2) is 11.1 Å². The summed E-state index contributed by atoms with van der Waals surface area (Å²) in [5.74, 6) is -0.332. The smallest absolute Gasteiger partial charge is 0.244 e. The summed E-state index contributed by atoms with van der Waals surface area (Å²) in [6, 6.07) is 0.262. The molecule has 1 amide bonds. The van der Waals surface area contributed by atoms with E-state index in [4.69, 9.17) is 5.73 Å². The van der Waals surface area contributed by atoms with E-state index in [-0.39, 0.29) is 11.9 Å². The Labute approximate surface area is 74.2 Å². The Morgan fingerprint density at radius 3 is 2.00 bits per heavy atom. The summed E-state index contributed by atoms with van der Waals surface area (Å²) in [4.78, 5) is 12.9. The molecule has 0 fully saturated rings. The van der Waals surface area contributed by atoms with Crippen molar-refractivity contribution in [1.82, 2.24) is 4.90 Å². The van der Waals surface area contributed by atoms with Crippen molar-refractivity contribution in [2.45, 2.75) is 26.8 Å². The van der Waals surface area contributed by atoms with Gasteiger partial charge in [-0.25, -0.2) is 0 Å². The molecule has 0 spiro atoms. The molecule has 12 heavy (non-hydrogen) atoms. The average molecular weight is 170 g/mol. The second-order valence-corrected chi connectivity index (χ2v) is 3.31. The van der Waals surface area contributed by atoms with Gasteiger partial charge in [0.05, 0.1) is 0 Å². The van der Waals surface area contributed by atoms with Crippen LogP contribution in [0.2, 0.25) is 0 Å². The van der Waals surface area contributed by atoms with E-state index in [1.807, 2.05) is 32.8 Å². The number of carbonyl (C=O) groups excluding carboxylic acids is 1. The number of likely N-dealkylation sites (N-methyl/N-ethyl adjacent to an activating group) is 1. The van der Waals surface area contributed by atoms with Gasteiger partial charge in [0.25, 0.3) is 0 Å². The van der Waals surface area contributed by atoms with Gasteiger partial charge < -0.3 is 10.6 Å². The van der Waals surface area contributed by atoms with E-state index in [9.17, 15) is 4.79 Å². The fourth-order valence-electron chi connectivity index (χ4n) is 0.895. The standard InChI is InChI=1S/C9H18N2O/c1-6(7(2)9(10)12)8(3)11(4)5/h8H,1-5H3,(H2,10,12)/b7-6+. The van der Waals surface area contributed by atoms with Crippen LogP contribution in [-0.4, -0.2) is 30.9 Å². The summed E-state index contributed by atoms with van der Waals surface area (Å²) in [6.07, 6.45) is 0. The highest BCUT2D eigenvalue weighted by atomic mass is 16.1. The molecule has 0 saturated heterocycles. The Morgan fingerprint density at radius 1 is 1.33 bits per heavy atom. The molecule has 0 heterocycles. The van der Waals surface area contributed by atoms with Crippen LogP contribution >= 0.6 is 0 Å². The lowest BCUT2D eigenvalue weighted by Crippen LogP contribution is -2.28. The topological polar surface area (TPSA) is 46.3 Å². The van der Waals surface area contributed by atoms with E-state index in [2.05, 4.69) is 0 Å². The highest BCUT2D eigenvalue weighted by Crippen LogP contribution is 2.11. The van der Waals surface area contributed by atoms with Crippen molar-refractivity contribution >= 4 is 5.91 Å². The third-order valence-corrected chi connectivity index (χ3v) is 2.36. The molecule has 0 rings (SSSR count). The highest BCUT2D eigenvalue weighted by Gasteiger charge is 2.11. The quantitative estimate of drug-likeness (QED) is 0.635. The van der Waals surface area contributed by atoms with Gasteiger partial charge in [-0.1, -0.05) is 0 Å². The molecule has 0 aromatic carbocycles. The van der Waals surface area contributed by atoms with Gasteiger partial charge in [0.1, 0.15) is 0 Å². The van der Waals surface area contributed by atoms with E-state index in [1.165, 1.54) is 0 Å². The molecule has 0 aromatic rings. The first-order chi connectivity index (χ1) is 5.37. The van der Waals surface area contributed by atoms with Crippen molar-refractivity contribution < 1.29 is 4.79 Å². The Hall–Kier alpha value is -0.830. The van der Waals surface area contributed by atoms with Crippen LogP contribution in [0.1, 0.15) is 20.8 Å².